The van der Waals surface area contributed by atoms with E-state index in [9.17, 15) is 24.8 Å². The Morgan fingerprint density at radius 2 is 1.97 bits per heavy atom. The van der Waals surface area contributed by atoms with Crippen molar-refractivity contribution in [3.63, 3.8) is 0 Å². The number of amides is 1. The minimum atomic E-state index is -1.16. The van der Waals surface area contributed by atoms with E-state index in [-0.39, 0.29) is 17.3 Å². The van der Waals surface area contributed by atoms with Crippen LogP contribution in [0.5, 0.6) is 0 Å². The fourth-order valence-corrected chi connectivity index (χ4v) is 8.50. The zero-order valence-electron chi connectivity index (χ0n) is 17.7. The van der Waals surface area contributed by atoms with Crippen LogP contribution in [-0.4, -0.2) is 42.0 Å². The quantitative estimate of drug-likeness (QED) is 0.0836. The molecule has 176 valence electrons. The van der Waals surface area contributed by atoms with E-state index in [1.807, 2.05) is 24.3 Å². The molecule has 1 amide bonds. The summed E-state index contributed by atoms with van der Waals surface area (Å²) in [6.45, 7) is 1.70. The zero-order valence-corrected chi connectivity index (χ0v) is 21.7. The number of carbonyl (C=O) groups is 2. The number of non-ortho nitro benzene ring substituents is 1. The molecule has 2 atom stereocenters. The van der Waals surface area contributed by atoms with Gasteiger partial charge in [0.15, 0.2) is 4.34 Å². The lowest BCUT2D eigenvalue weighted by Gasteiger charge is -2.44. The number of β-lactam (4-membered cyclic amide) rings is 1. The number of halogens is 1. The number of aromatic nitrogens is 1. The number of nitro groups is 1. The molecule has 0 saturated carbocycles. The average molecular weight is 581 g/mol. The number of fused-ring (bicyclic) bond motifs is 1. The number of nitro benzene ring substituents is 1. The summed E-state index contributed by atoms with van der Waals surface area (Å²) in [7, 11) is 2.82. The Morgan fingerprint density at radius 1 is 1.26 bits per heavy atom. The molecular weight excluding hydrogens is 562 g/mol. The molecule has 0 unspecified atom stereocenters. The second-order valence-electron chi connectivity index (χ2n) is 7.49. The van der Waals surface area contributed by atoms with Gasteiger partial charge >= 0.3 is 5.97 Å². The van der Waals surface area contributed by atoms with Crippen molar-refractivity contribution in [3.05, 3.63) is 75.5 Å². The summed E-state index contributed by atoms with van der Waals surface area (Å²) < 4.78 is 1.90. The highest BCUT2D eigenvalue weighted by molar-refractivity contribution is 9.10. The number of likely N-dealkylation sites (tertiary alicyclic amines) is 1. The molecule has 1 fully saturated rings. The Morgan fingerprint density at radius 3 is 2.62 bits per heavy atom. The van der Waals surface area contributed by atoms with E-state index in [4.69, 9.17) is 0 Å². The number of carboxylic acids is 1. The predicted octanol–water partition coefficient (Wildman–Crippen LogP) is 5.87. The molecule has 1 aromatic heterocycles. The van der Waals surface area contributed by atoms with Gasteiger partial charge in [-0.1, -0.05) is 51.0 Å². The van der Waals surface area contributed by atoms with Crippen molar-refractivity contribution in [1.82, 2.24) is 9.88 Å². The summed E-state index contributed by atoms with van der Waals surface area (Å²) in [6.07, 6.45) is 0.900. The standard InChI is InChI=1S/C22H18BrN3O5S3/c1-12(6-7-13-8-10-14(11-9-13)26(30)31)18(21(28)29)25-19(27)17(23)20(25)33-34-22-24-15-4-2-3-5-16(15)32-22/h2-5,8-11,17,20H,6-7H2,1H3,(H,28,29)/t17-,20+/m0/s1. The monoisotopic (exact) mass is 579 g/mol. The van der Waals surface area contributed by atoms with Crippen LogP contribution in [0.15, 0.2) is 64.1 Å². The van der Waals surface area contributed by atoms with Gasteiger partial charge in [0.2, 0.25) is 5.91 Å². The van der Waals surface area contributed by atoms with Gasteiger partial charge in [-0.2, -0.15) is 0 Å². The lowest BCUT2D eigenvalue weighted by atomic mass is 10.0. The van der Waals surface area contributed by atoms with Crippen LogP contribution in [0.4, 0.5) is 5.69 Å². The molecule has 2 heterocycles. The number of aliphatic carboxylic acids is 1. The Labute approximate surface area is 215 Å². The van der Waals surface area contributed by atoms with E-state index in [1.54, 1.807) is 30.4 Å². The van der Waals surface area contributed by atoms with Gasteiger partial charge in [-0.05, 0) is 53.8 Å². The molecule has 1 saturated heterocycles. The molecule has 1 N–H and O–H groups in total. The molecule has 1 aliphatic rings. The van der Waals surface area contributed by atoms with Crippen LogP contribution in [0.25, 0.3) is 10.2 Å². The van der Waals surface area contributed by atoms with Crippen molar-refractivity contribution in [1.29, 1.82) is 0 Å². The van der Waals surface area contributed by atoms with E-state index in [2.05, 4.69) is 20.9 Å². The van der Waals surface area contributed by atoms with Crippen LogP contribution < -0.4 is 0 Å². The van der Waals surface area contributed by atoms with E-state index in [0.29, 0.717) is 18.4 Å². The molecule has 0 bridgehead atoms. The molecule has 0 radical (unpaired) electrons. The second kappa shape index (κ2) is 10.5. The average Bonchev–Trinajstić information content (AvgIpc) is 3.24. The van der Waals surface area contributed by atoms with Crippen molar-refractivity contribution in [3.8, 4) is 0 Å². The van der Waals surface area contributed by atoms with Crippen molar-refractivity contribution in [2.24, 2.45) is 0 Å². The van der Waals surface area contributed by atoms with Gasteiger partial charge in [-0.3, -0.25) is 19.8 Å². The summed E-state index contributed by atoms with van der Waals surface area (Å²) in [5, 5.41) is 20.3. The van der Waals surface area contributed by atoms with Gasteiger partial charge in [-0.15, -0.1) is 11.3 Å². The van der Waals surface area contributed by atoms with E-state index in [0.717, 1.165) is 20.1 Å². The van der Waals surface area contributed by atoms with Crippen molar-refractivity contribution in [2.45, 2.75) is 34.3 Å². The number of nitrogens with zero attached hydrogens (tertiary/aromatic N) is 3. The summed E-state index contributed by atoms with van der Waals surface area (Å²) in [6, 6.07) is 14.0. The highest BCUT2D eigenvalue weighted by Gasteiger charge is 2.50. The van der Waals surface area contributed by atoms with Crippen LogP contribution in [0, 0.1) is 10.1 Å². The summed E-state index contributed by atoms with van der Waals surface area (Å²) in [5.74, 6) is -1.46. The number of hydrogen-bond donors (Lipinski definition) is 1. The normalized spacial score (nSPS) is 18.5. The first-order chi connectivity index (χ1) is 16.3. The van der Waals surface area contributed by atoms with Crippen molar-refractivity contribution >= 4 is 76.6 Å². The zero-order chi connectivity index (χ0) is 24.4. The smallest absolute Gasteiger partial charge is 0.352 e. The largest absolute Gasteiger partial charge is 0.477 e. The molecule has 12 heteroatoms. The van der Waals surface area contributed by atoms with Crippen LogP contribution in [0.3, 0.4) is 0 Å². The van der Waals surface area contributed by atoms with Crippen LogP contribution in [0.2, 0.25) is 0 Å². The number of benzene rings is 2. The van der Waals surface area contributed by atoms with Crippen LogP contribution >= 0.6 is 48.9 Å². The van der Waals surface area contributed by atoms with E-state index < -0.39 is 21.1 Å². The fourth-order valence-electron chi connectivity index (χ4n) is 3.46. The van der Waals surface area contributed by atoms with Crippen molar-refractivity contribution < 1.29 is 19.6 Å². The van der Waals surface area contributed by atoms with Gasteiger partial charge in [0, 0.05) is 12.1 Å². The lowest BCUT2D eigenvalue weighted by molar-refractivity contribution is -0.384. The first-order valence-electron chi connectivity index (χ1n) is 10.1. The molecule has 8 nitrogen and oxygen atoms in total. The Bertz CT molecular complexity index is 1260. The molecule has 0 spiro atoms. The molecular formula is C22H18BrN3O5S3. The van der Waals surface area contributed by atoms with Gasteiger partial charge in [0.05, 0.1) is 15.1 Å². The molecule has 2 aromatic carbocycles. The minimum Gasteiger partial charge on any atom is -0.477 e. The van der Waals surface area contributed by atoms with Crippen LogP contribution in [0.1, 0.15) is 18.9 Å². The summed E-state index contributed by atoms with van der Waals surface area (Å²) in [5.41, 5.74) is 2.29. The topological polar surface area (TPSA) is 114 Å². The molecule has 34 heavy (non-hydrogen) atoms. The number of carboxylic acid groups (broad SMARTS) is 1. The lowest BCUT2D eigenvalue weighted by Crippen LogP contribution is -2.60. The highest BCUT2D eigenvalue weighted by Crippen LogP contribution is 2.47. The summed E-state index contributed by atoms with van der Waals surface area (Å²) >= 11 is 4.94. The number of alkyl halides is 1. The number of hydrogen-bond acceptors (Lipinski definition) is 8. The summed E-state index contributed by atoms with van der Waals surface area (Å²) in [4.78, 5) is 40.5. The maximum Gasteiger partial charge on any atom is 0.352 e. The number of thiazole rings is 1. The maximum absolute atomic E-state index is 12.6. The second-order valence-corrected chi connectivity index (χ2v) is 12.1. The number of para-hydroxylation sites is 1. The number of carbonyl (C=O) groups excluding carboxylic acids is 1. The van der Waals surface area contributed by atoms with Crippen LogP contribution in [-0.2, 0) is 16.0 Å². The molecule has 0 aliphatic carbocycles. The van der Waals surface area contributed by atoms with Gasteiger partial charge in [0.25, 0.3) is 5.69 Å². The number of aryl methyl sites for hydroxylation is 1. The Hall–Kier alpha value is -2.41. The molecule has 1 aliphatic heterocycles. The third kappa shape index (κ3) is 5.14. The third-order valence-corrected chi connectivity index (χ3v) is 10.5. The maximum atomic E-state index is 12.6. The van der Waals surface area contributed by atoms with Gasteiger partial charge in [-0.25, -0.2) is 9.78 Å². The third-order valence-electron chi connectivity index (χ3n) is 5.25. The van der Waals surface area contributed by atoms with E-state index >= 15 is 0 Å². The Balaban J connectivity index is 1.47. The van der Waals surface area contributed by atoms with Gasteiger partial charge < -0.3 is 5.11 Å². The van der Waals surface area contributed by atoms with Gasteiger partial charge in [0.1, 0.15) is 15.9 Å². The first kappa shape index (κ1) is 24.7. The van der Waals surface area contributed by atoms with E-state index in [1.165, 1.54) is 38.6 Å². The first-order valence-corrected chi connectivity index (χ1v) is 14.0. The predicted molar refractivity (Wildman–Crippen MR) is 138 cm³/mol. The minimum absolute atomic E-state index is 0.00210. The fraction of sp³-hybridized carbons (Fsp3) is 0.227. The SMILES string of the molecule is CC(CCc1ccc([N+](=O)[O-])cc1)=C(C(=O)O)N1C(=O)[C@H](Br)[C@H]1SSc1nc2ccccc2s1. The Kier molecular flexibility index (Phi) is 7.60. The molecule has 4 rings (SSSR count). The van der Waals surface area contributed by atoms with Crippen molar-refractivity contribution in [2.75, 3.05) is 0 Å². The number of rotatable bonds is 9. The highest BCUT2D eigenvalue weighted by atomic mass is 79.9. The molecule has 3 aromatic rings. The number of allylic oxidation sites excluding steroid dienone is 1.